The Labute approximate surface area is 119 Å². The van der Waals surface area contributed by atoms with E-state index in [1.807, 2.05) is 0 Å². The highest BCUT2D eigenvalue weighted by Crippen LogP contribution is 2.29. The third-order valence-corrected chi connectivity index (χ3v) is 3.08. The largest absolute Gasteiger partial charge is 0.481 e. The summed E-state index contributed by atoms with van der Waals surface area (Å²) in [6.07, 6.45) is -4.58. The average Bonchev–Trinajstić information content (AvgIpc) is 2.41. The molecule has 1 aliphatic rings. The van der Waals surface area contributed by atoms with Gasteiger partial charge in [0.15, 0.2) is 0 Å². The monoisotopic (exact) mass is 310 g/mol. The number of carbonyl (C=O) groups excluding carboxylic acids is 1. The molecule has 0 bridgehead atoms. The first kappa shape index (κ1) is 17.3. The number of carbonyl (C=O) groups is 2. The number of nitrogens with zero attached hydrogens (tertiary/aromatic N) is 1. The van der Waals surface area contributed by atoms with Crippen LogP contribution in [-0.2, 0) is 9.53 Å². The van der Waals surface area contributed by atoms with E-state index in [1.54, 1.807) is 0 Å². The van der Waals surface area contributed by atoms with E-state index in [2.05, 4.69) is 5.32 Å². The van der Waals surface area contributed by atoms with Gasteiger partial charge in [-0.05, 0) is 6.42 Å². The summed E-state index contributed by atoms with van der Waals surface area (Å²) in [5.41, 5.74) is -0.632. The molecule has 0 saturated carbocycles. The zero-order chi connectivity index (χ0) is 16.0. The molecular weight excluding hydrogens is 293 g/mol. The first-order chi connectivity index (χ1) is 9.74. The Morgan fingerprint density at radius 2 is 2.19 bits per heavy atom. The Morgan fingerprint density at radius 1 is 1.52 bits per heavy atom. The van der Waals surface area contributed by atoms with Crippen LogP contribution in [-0.4, -0.2) is 61.0 Å². The summed E-state index contributed by atoms with van der Waals surface area (Å²) < 4.78 is 42.2. The Morgan fingerprint density at radius 3 is 2.62 bits per heavy atom. The van der Waals surface area contributed by atoms with Gasteiger partial charge in [-0.1, -0.05) is 6.08 Å². The van der Waals surface area contributed by atoms with E-state index in [0.29, 0.717) is 0 Å². The van der Waals surface area contributed by atoms with Gasteiger partial charge in [-0.2, -0.15) is 13.2 Å². The Kier molecular flexibility index (Phi) is 6.01. The summed E-state index contributed by atoms with van der Waals surface area (Å²) >= 11 is 0. The van der Waals surface area contributed by atoms with Crippen LogP contribution < -0.4 is 5.32 Å². The molecule has 1 aliphatic heterocycles. The highest BCUT2D eigenvalue weighted by atomic mass is 19.4. The Bertz CT molecular complexity index is 423. The molecule has 0 fully saturated rings. The van der Waals surface area contributed by atoms with Crippen molar-refractivity contribution in [3.8, 4) is 0 Å². The summed E-state index contributed by atoms with van der Waals surface area (Å²) in [7, 11) is 1.32. The predicted molar refractivity (Wildman–Crippen MR) is 66.8 cm³/mol. The minimum absolute atomic E-state index is 0.0199. The van der Waals surface area contributed by atoms with E-state index >= 15 is 0 Å². The zero-order valence-electron chi connectivity index (χ0n) is 11.4. The summed E-state index contributed by atoms with van der Waals surface area (Å²) in [4.78, 5) is 23.5. The van der Waals surface area contributed by atoms with E-state index < -0.39 is 29.9 Å². The number of nitrogens with one attached hydrogen (secondary N) is 1. The van der Waals surface area contributed by atoms with Crippen molar-refractivity contribution in [2.24, 2.45) is 0 Å². The highest BCUT2D eigenvalue weighted by molar-refractivity contribution is 5.74. The SMILES string of the molecule is COC(CNC(=O)N1CC=C(C(F)(F)F)CC1)CC(=O)O. The van der Waals surface area contributed by atoms with Gasteiger partial charge in [0.2, 0.25) is 0 Å². The van der Waals surface area contributed by atoms with E-state index in [0.717, 1.165) is 6.08 Å². The molecule has 0 spiro atoms. The van der Waals surface area contributed by atoms with Crippen LogP contribution in [0.15, 0.2) is 11.6 Å². The second-order valence-electron chi connectivity index (χ2n) is 4.56. The maximum absolute atomic E-state index is 12.4. The fourth-order valence-electron chi connectivity index (χ4n) is 1.86. The first-order valence-electron chi connectivity index (χ1n) is 6.27. The summed E-state index contributed by atoms with van der Waals surface area (Å²) in [5.74, 6) is -1.06. The van der Waals surface area contributed by atoms with Crippen LogP contribution >= 0.6 is 0 Å². The fourth-order valence-corrected chi connectivity index (χ4v) is 1.86. The van der Waals surface area contributed by atoms with Crippen molar-refractivity contribution in [2.75, 3.05) is 26.7 Å². The number of aliphatic carboxylic acids is 1. The Hall–Kier alpha value is -1.77. The van der Waals surface area contributed by atoms with Crippen LogP contribution in [0, 0.1) is 0 Å². The minimum atomic E-state index is -4.36. The van der Waals surface area contributed by atoms with Gasteiger partial charge in [-0.3, -0.25) is 4.79 Å². The van der Waals surface area contributed by atoms with E-state index in [9.17, 15) is 22.8 Å². The number of methoxy groups -OCH3 is 1. The van der Waals surface area contributed by atoms with Gasteiger partial charge >= 0.3 is 18.2 Å². The molecule has 120 valence electrons. The molecule has 0 saturated heterocycles. The predicted octanol–water partition coefficient (Wildman–Crippen LogP) is 1.38. The minimum Gasteiger partial charge on any atom is -0.481 e. The average molecular weight is 310 g/mol. The van der Waals surface area contributed by atoms with Crippen LogP contribution in [0.4, 0.5) is 18.0 Å². The molecule has 0 aromatic carbocycles. The molecule has 2 amide bonds. The van der Waals surface area contributed by atoms with Crippen LogP contribution in [0.5, 0.6) is 0 Å². The third kappa shape index (κ3) is 5.62. The molecule has 0 aromatic rings. The zero-order valence-corrected chi connectivity index (χ0v) is 11.4. The van der Waals surface area contributed by atoms with Crippen LogP contribution in [0.25, 0.3) is 0 Å². The Balaban J connectivity index is 2.44. The standard InChI is InChI=1S/C12H17F3N2O4/c1-21-9(6-10(18)19)7-16-11(20)17-4-2-8(3-5-17)12(13,14)15/h2,9H,3-7H2,1H3,(H,16,20)(H,18,19). The summed E-state index contributed by atoms with van der Waals surface area (Å²) in [5, 5.41) is 11.1. The number of rotatable bonds is 5. The summed E-state index contributed by atoms with van der Waals surface area (Å²) in [6.45, 7) is -0.182. The molecule has 1 heterocycles. The molecule has 0 radical (unpaired) electrons. The molecule has 0 aliphatic carbocycles. The number of halogens is 3. The molecule has 6 nitrogen and oxygen atoms in total. The molecule has 9 heteroatoms. The van der Waals surface area contributed by atoms with E-state index in [1.165, 1.54) is 12.0 Å². The molecule has 2 N–H and O–H groups in total. The van der Waals surface area contributed by atoms with E-state index in [-0.39, 0.29) is 32.5 Å². The fraction of sp³-hybridized carbons (Fsp3) is 0.667. The lowest BCUT2D eigenvalue weighted by atomic mass is 10.1. The number of alkyl halides is 3. The highest BCUT2D eigenvalue weighted by Gasteiger charge is 2.35. The van der Waals surface area contributed by atoms with Gasteiger partial charge in [0.25, 0.3) is 0 Å². The summed E-state index contributed by atoms with van der Waals surface area (Å²) in [6, 6.07) is -0.542. The molecule has 21 heavy (non-hydrogen) atoms. The first-order valence-corrected chi connectivity index (χ1v) is 6.27. The topological polar surface area (TPSA) is 78.9 Å². The van der Waals surface area contributed by atoms with Gasteiger partial charge in [0.05, 0.1) is 12.5 Å². The van der Waals surface area contributed by atoms with Gasteiger partial charge in [-0.25, -0.2) is 4.79 Å². The van der Waals surface area contributed by atoms with Crippen molar-refractivity contribution < 1.29 is 32.6 Å². The number of carboxylic acid groups (broad SMARTS) is 1. The van der Waals surface area contributed by atoms with Gasteiger partial charge in [0, 0.05) is 32.3 Å². The number of carboxylic acids is 1. The smallest absolute Gasteiger partial charge is 0.412 e. The van der Waals surface area contributed by atoms with Gasteiger partial charge in [-0.15, -0.1) is 0 Å². The molecular formula is C12H17F3N2O4. The number of hydrogen-bond acceptors (Lipinski definition) is 3. The maximum Gasteiger partial charge on any atom is 0.412 e. The molecule has 1 unspecified atom stereocenters. The van der Waals surface area contributed by atoms with Gasteiger partial charge in [0.1, 0.15) is 0 Å². The molecule has 0 aromatic heterocycles. The van der Waals surface area contributed by atoms with Crippen molar-refractivity contribution in [1.29, 1.82) is 0 Å². The second kappa shape index (κ2) is 7.30. The maximum atomic E-state index is 12.4. The van der Waals surface area contributed by atoms with Crippen molar-refractivity contribution >= 4 is 12.0 Å². The van der Waals surface area contributed by atoms with E-state index in [4.69, 9.17) is 9.84 Å². The number of ether oxygens (including phenoxy) is 1. The lowest BCUT2D eigenvalue weighted by Crippen LogP contribution is -2.45. The van der Waals surface area contributed by atoms with Crippen molar-refractivity contribution in [1.82, 2.24) is 10.2 Å². The van der Waals surface area contributed by atoms with Gasteiger partial charge < -0.3 is 20.1 Å². The quantitative estimate of drug-likeness (QED) is 0.752. The normalized spacial score (nSPS) is 17.1. The molecule has 1 rings (SSSR count). The lowest BCUT2D eigenvalue weighted by Gasteiger charge is -2.28. The van der Waals surface area contributed by atoms with Crippen LogP contribution in [0.1, 0.15) is 12.8 Å². The van der Waals surface area contributed by atoms with Crippen LogP contribution in [0.2, 0.25) is 0 Å². The van der Waals surface area contributed by atoms with Crippen molar-refractivity contribution in [3.63, 3.8) is 0 Å². The third-order valence-electron chi connectivity index (χ3n) is 3.08. The number of amides is 2. The number of hydrogen-bond donors (Lipinski definition) is 2. The second-order valence-corrected chi connectivity index (χ2v) is 4.56. The number of urea groups is 1. The lowest BCUT2D eigenvalue weighted by molar-refractivity contribution is -0.139. The molecule has 1 atom stereocenters. The van der Waals surface area contributed by atoms with Crippen molar-refractivity contribution in [2.45, 2.75) is 25.1 Å². The van der Waals surface area contributed by atoms with Crippen molar-refractivity contribution in [3.05, 3.63) is 11.6 Å². The van der Waals surface area contributed by atoms with Crippen LogP contribution in [0.3, 0.4) is 0 Å².